The smallest absolute Gasteiger partial charge is 0.163 e. The molecule has 0 amide bonds. The van der Waals surface area contributed by atoms with Crippen molar-refractivity contribution in [2.75, 3.05) is 44.6 Å². The lowest BCUT2D eigenvalue weighted by Gasteiger charge is -2.21. The Morgan fingerprint density at radius 1 is 1.04 bits per heavy atom. The van der Waals surface area contributed by atoms with Crippen LogP contribution < -0.4 is 24.4 Å². The van der Waals surface area contributed by atoms with E-state index in [9.17, 15) is 0 Å². The lowest BCUT2D eigenvalue weighted by Crippen LogP contribution is -2.15. The number of benzene rings is 2. The maximum Gasteiger partial charge on any atom is 0.163 e. The number of rotatable bonds is 5. The predicted octanol–water partition coefficient (Wildman–Crippen LogP) is 3.44. The minimum absolute atomic E-state index is 0.545. The average Bonchev–Trinajstić information content (AvgIpc) is 2.67. The first-order valence-corrected chi connectivity index (χ1v) is 9.43. The Hall–Kier alpha value is -2.71. The Bertz CT molecular complexity index is 980. The molecular formula is C19H21N5O2S. The van der Waals surface area contributed by atoms with Crippen LogP contribution >= 0.6 is 11.9 Å². The van der Waals surface area contributed by atoms with Gasteiger partial charge < -0.3 is 19.7 Å². The number of fused-ring (bicyclic) bond motifs is 2. The zero-order valence-corrected chi connectivity index (χ0v) is 16.3. The van der Waals surface area contributed by atoms with Gasteiger partial charge in [-0.2, -0.15) is 0 Å². The largest absolute Gasteiger partial charge is 0.486 e. The number of hydrogen-bond donors (Lipinski definition) is 2. The quantitative estimate of drug-likeness (QED) is 0.650. The standard InChI is InChI=1S/C19H21N5O2S/c1-20-27-12-4-5-16(24(2)3)15(8-12)23-19-13-9-17-18(26-7-6-25-17)10-14(13)21-11-22-19/h4-5,8-11,20H,6-7H2,1-3H3,(H,21,22,23). The molecule has 7 nitrogen and oxygen atoms in total. The molecule has 0 saturated heterocycles. The molecule has 2 N–H and O–H groups in total. The number of anilines is 3. The van der Waals surface area contributed by atoms with E-state index in [2.05, 4.69) is 43.1 Å². The lowest BCUT2D eigenvalue weighted by molar-refractivity contribution is 0.172. The first kappa shape index (κ1) is 17.7. The van der Waals surface area contributed by atoms with Gasteiger partial charge in [0.05, 0.1) is 16.9 Å². The van der Waals surface area contributed by atoms with E-state index in [1.165, 1.54) is 0 Å². The van der Waals surface area contributed by atoms with Crippen molar-refractivity contribution in [3.63, 3.8) is 0 Å². The monoisotopic (exact) mass is 383 g/mol. The van der Waals surface area contributed by atoms with Crippen LogP contribution in [0.4, 0.5) is 17.2 Å². The van der Waals surface area contributed by atoms with Crippen molar-refractivity contribution in [1.82, 2.24) is 14.7 Å². The molecule has 0 spiro atoms. The second kappa shape index (κ2) is 7.50. The zero-order chi connectivity index (χ0) is 18.8. The summed E-state index contributed by atoms with van der Waals surface area (Å²) in [5.41, 5.74) is 2.85. The van der Waals surface area contributed by atoms with Crippen LogP contribution in [0.15, 0.2) is 41.6 Å². The van der Waals surface area contributed by atoms with Gasteiger partial charge in [0.25, 0.3) is 0 Å². The van der Waals surface area contributed by atoms with E-state index in [1.807, 2.05) is 33.3 Å². The third-order valence-corrected chi connectivity index (χ3v) is 4.92. The summed E-state index contributed by atoms with van der Waals surface area (Å²) in [6, 6.07) is 10.1. The molecule has 1 aliphatic heterocycles. The van der Waals surface area contributed by atoms with Gasteiger partial charge >= 0.3 is 0 Å². The normalized spacial score (nSPS) is 12.9. The van der Waals surface area contributed by atoms with Crippen LogP contribution in [0, 0.1) is 0 Å². The third-order valence-electron chi connectivity index (χ3n) is 4.22. The van der Waals surface area contributed by atoms with Gasteiger partial charge in [0.1, 0.15) is 25.4 Å². The molecule has 1 aromatic heterocycles. The molecule has 4 rings (SSSR count). The Labute approximate surface area is 162 Å². The highest BCUT2D eigenvalue weighted by atomic mass is 32.2. The SMILES string of the molecule is CNSc1ccc(N(C)C)c(Nc2ncnc3cc4c(cc23)OCCO4)c1. The van der Waals surface area contributed by atoms with E-state index in [-0.39, 0.29) is 0 Å². The van der Waals surface area contributed by atoms with Crippen molar-refractivity contribution in [1.29, 1.82) is 0 Å². The lowest BCUT2D eigenvalue weighted by atomic mass is 10.2. The molecule has 0 saturated carbocycles. The highest BCUT2D eigenvalue weighted by Crippen LogP contribution is 2.38. The summed E-state index contributed by atoms with van der Waals surface area (Å²) in [6.45, 7) is 1.10. The fourth-order valence-corrected chi connectivity index (χ4v) is 3.56. The third kappa shape index (κ3) is 3.58. The molecule has 2 heterocycles. The van der Waals surface area contributed by atoms with Crippen LogP contribution in [0.25, 0.3) is 10.9 Å². The summed E-state index contributed by atoms with van der Waals surface area (Å²) in [4.78, 5) is 12.0. The van der Waals surface area contributed by atoms with E-state index in [4.69, 9.17) is 9.47 Å². The molecule has 8 heteroatoms. The van der Waals surface area contributed by atoms with Gasteiger partial charge in [0, 0.05) is 30.4 Å². The van der Waals surface area contributed by atoms with Gasteiger partial charge in [-0.15, -0.1) is 0 Å². The van der Waals surface area contributed by atoms with Crippen LogP contribution in [0.2, 0.25) is 0 Å². The fraction of sp³-hybridized carbons (Fsp3) is 0.263. The van der Waals surface area contributed by atoms with Crippen LogP contribution in [-0.2, 0) is 0 Å². The molecule has 0 aliphatic carbocycles. The summed E-state index contributed by atoms with van der Waals surface area (Å²) < 4.78 is 14.5. The highest BCUT2D eigenvalue weighted by Gasteiger charge is 2.16. The Kier molecular flexibility index (Phi) is 4.91. The molecule has 140 valence electrons. The van der Waals surface area contributed by atoms with Gasteiger partial charge in [0.15, 0.2) is 11.5 Å². The maximum atomic E-state index is 5.72. The van der Waals surface area contributed by atoms with Crippen LogP contribution in [0.5, 0.6) is 11.5 Å². The van der Waals surface area contributed by atoms with Gasteiger partial charge in [-0.3, -0.25) is 4.72 Å². The fourth-order valence-electron chi connectivity index (χ4n) is 3.01. The van der Waals surface area contributed by atoms with Crippen molar-refractivity contribution >= 4 is 40.0 Å². The minimum Gasteiger partial charge on any atom is -0.486 e. The van der Waals surface area contributed by atoms with Crippen molar-refractivity contribution in [2.45, 2.75) is 4.90 Å². The van der Waals surface area contributed by atoms with E-state index in [1.54, 1.807) is 18.3 Å². The zero-order valence-electron chi connectivity index (χ0n) is 15.4. The Morgan fingerprint density at radius 2 is 1.81 bits per heavy atom. The minimum atomic E-state index is 0.545. The molecule has 0 fully saturated rings. The summed E-state index contributed by atoms with van der Waals surface area (Å²) in [7, 11) is 5.94. The topological polar surface area (TPSA) is 71.5 Å². The van der Waals surface area contributed by atoms with Crippen molar-refractivity contribution in [2.24, 2.45) is 0 Å². The van der Waals surface area contributed by atoms with Gasteiger partial charge in [-0.25, -0.2) is 9.97 Å². The molecule has 1 aliphatic rings. The molecule has 3 aromatic rings. The summed E-state index contributed by atoms with van der Waals surface area (Å²) >= 11 is 1.56. The number of aromatic nitrogens is 2. The summed E-state index contributed by atoms with van der Waals surface area (Å²) in [5.74, 6) is 2.17. The second-order valence-electron chi connectivity index (χ2n) is 6.24. The first-order chi connectivity index (χ1) is 13.2. The van der Waals surface area contributed by atoms with Gasteiger partial charge in [0.2, 0.25) is 0 Å². The maximum absolute atomic E-state index is 5.72. The molecule has 0 radical (unpaired) electrons. The van der Waals surface area contributed by atoms with Crippen LogP contribution in [-0.4, -0.2) is 44.3 Å². The van der Waals surface area contributed by atoms with Gasteiger partial charge in [-0.1, -0.05) is 0 Å². The van der Waals surface area contributed by atoms with E-state index in [0.717, 1.165) is 44.5 Å². The number of ether oxygens (including phenoxy) is 2. The molecule has 2 aromatic carbocycles. The predicted molar refractivity (Wildman–Crippen MR) is 109 cm³/mol. The number of nitrogens with one attached hydrogen (secondary N) is 2. The molecular weight excluding hydrogens is 362 g/mol. The Balaban J connectivity index is 1.78. The van der Waals surface area contributed by atoms with Crippen LogP contribution in [0.1, 0.15) is 0 Å². The highest BCUT2D eigenvalue weighted by molar-refractivity contribution is 7.97. The summed E-state index contributed by atoms with van der Waals surface area (Å²) in [5, 5.41) is 4.36. The van der Waals surface area contributed by atoms with E-state index < -0.39 is 0 Å². The van der Waals surface area contributed by atoms with Crippen molar-refractivity contribution in [3.8, 4) is 11.5 Å². The molecule has 0 unspecified atom stereocenters. The molecule has 0 bridgehead atoms. The number of hydrogen-bond acceptors (Lipinski definition) is 8. The molecule has 0 atom stereocenters. The Morgan fingerprint density at radius 3 is 2.56 bits per heavy atom. The summed E-state index contributed by atoms with van der Waals surface area (Å²) in [6.07, 6.45) is 1.56. The average molecular weight is 383 g/mol. The second-order valence-corrected chi connectivity index (χ2v) is 7.32. The van der Waals surface area contributed by atoms with Crippen molar-refractivity contribution < 1.29 is 9.47 Å². The van der Waals surface area contributed by atoms with Crippen molar-refractivity contribution in [3.05, 3.63) is 36.7 Å². The number of nitrogens with zero attached hydrogens (tertiary/aromatic N) is 3. The van der Waals surface area contributed by atoms with Crippen LogP contribution in [0.3, 0.4) is 0 Å². The molecule has 27 heavy (non-hydrogen) atoms. The van der Waals surface area contributed by atoms with E-state index >= 15 is 0 Å². The van der Waals surface area contributed by atoms with E-state index in [0.29, 0.717) is 13.2 Å². The first-order valence-electron chi connectivity index (χ1n) is 8.62. The van der Waals surface area contributed by atoms with Gasteiger partial charge in [-0.05, 0) is 43.3 Å².